The van der Waals surface area contributed by atoms with Gasteiger partial charge in [-0.3, -0.25) is 4.79 Å². The maximum Gasteiger partial charge on any atom is 0.150 e. The average molecular weight is 162 g/mol. The Balaban J connectivity index is 2.70. The Morgan fingerprint density at radius 3 is 2.42 bits per heavy atom. The number of carbonyl (C=O) groups is 1. The van der Waals surface area contributed by atoms with Crippen LogP contribution in [0.3, 0.4) is 0 Å². The second-order valence-corrected chi connectivity index (χ2v) is 2.27. The first kappa shape index (κ1) is 8.53. The van der Waals surface area contributed by atoms with Gasteiger partial charge < -0.3 is 4.74 Å². The van der Waals surface area contributed by atoms with Crippen molar-refractivity contribution in [2.45, 2.75) is 6.92 Å². The van der Waals surface area contributed by atoms with Crippen LogP contribution in [0.4, 0.5) is 0 Å². The van der Waals surface area contributed by atoms with Crippen molar-refractivity contribution in [3.05, 3.63) is 42.2 Å². The Morgan fingerprint density at radius 1 is 1.25 bits per heavy atom. The van der Waals surface area contributed by atoms with E-state index in [1.54, 1.807) is 36.6 Å². The van der Waals surface area contributed by atoms with Gasteiger partial charge in [0.25, 0.3) is 0 Å². The summed E-state index contributed by atoms with van der Waals surface area (Å²) in [6.07, 6.45) is 4.20. The number of hydrogen-bond donors (Lipinski definition) is 0. The minimum Gasteiger partial charge on any atom is -0.465 e. The second kappa shape index (κ2) is 4.34. The van der Waals surface area contributed by atoms with Crippen molar-refractivity contribution < 1.29 is 9.53 Å². The van der Waals surface area contributed by atoms with E-state index in [0.717, 1.165) is 12.0 Å². The third kappa shape index (κ3) is 2.23. The van der Waals surface area contributed by atoms with Gasteiger partial charge in [-0.25, -0.2) is 0 Å². The Labute approximate surface area is 71.5 Å². The predicted octanol–water partition coefficient (Wildman–Crippen LogP) is 2.41. The van der Waals surface area contributed by atoms with Crippen molar-refractivity contribution in [1.29, 1.82) is 0 Å². The summed E-state index contributed by atoms with van der Waals surface area (Å²) in [6, 6.07) is 6.94. The molecule has 0 fully saturated rings. The van der Waals surface area contributed by atoms with Crippen LogP contribution in [0.2, 0.25) is 0 Å². The van der Waals surface area contributed by atoms with Gasteiger partial charge in [-0.05, 0) is 31.2 Å². The molecule has 0 aliphatic heterocycles. The molecule has 1 rings (SSSR count). The molecule has 0 bridgehead atoms. The van der Waals surface area contributed by atoms with Crippen LogP contribution in [-0.2, 0) is 0 Å². The van der Waals surface area contributed by atoms with Gasteiger partial charge in [-0.2, -0.15) is 0 Å². The summed E-state index contributed by atoms with van der Waals surface area (Å²) in [7, 11) is 0. The van der Waals surface area contributed by atoms with Crippen LogP contribution in [-0.4, -0.2) is 6.29 Å². The van der Waals surface area contributed by atoms with E-state index in [1.807, 2.05) is 6.92 Å². The van der Waals surface area contributed by atoms with Crippen molar-refractivity contribution >= 4 is 6.29 Å². The summed E-state index contributed by atoms with van der Waals surface area (Å²) in [5, 5.41) is 0. The van der Waals surface area contributed by atoms with Crippen LogP contribution in [0.15, 0.2) is 36.6 Å². The smallest absolute Gasteiger partial charge is 0.150 e. The molecule has 62 valence electrons. The molecule has 0 saturated heterocycles. The molecule has 0 spiro atoms. The number of benzene rings is 1. The van der Waals surface area contributed by atoms with E-state index in [2.05, 4.69) is 0 Å². The first-order valence-electron chi connectivity index (χ1n) is 3.70. The molecule has 0 heterocycles. The highest BCUT2D eigenvalue weighted by Gasteiger charge is 1.90. The fraction of sp³-hybridized carbons (Fsp3) is 0.100. The molecule has 0 unspecified atom stereocenters. The van der Waals surface area contributed by atoms with Crippen LogP contribution in [0.1, 0.15) is 17.3 Å². The van der Waals surface area contributed by atoms with Gasteiger partial charge in [0.05, 0.1) is 6.26 Å². The molecule has 0 saturated carbocycles. The Morgan fingerprint density at radius 2 is 1.92 bits per heavy atom. The van der Waals surface area contributed by atoms with Crippen LogP contribution in [0.5, 0.6) is 5.75 Å². The number of carbonyl (C=O) groups excluding carboxylic acids is 1. The molecule has 0 radical (unpaired) electrons. The van der Waals surface area contributed by atoms with Gasteiger partial charge in [0.15, 0.2) is 0 Å². The maximum absolute atomic E-state index is 10.3. The summed E-state index contributed by atoms with van der Waals surface area (Å²) in [5.74, 6) is 0.735. The molecule has 2 heteroatoms. The van der Waals surface area contributed by atoms with Gasteiger partial charge in [0.1, 0.15) is 12.0 Å². The molecule has 1 aromatic carbocycles. The molecular formula is C10H10O2. The van der Waals surface area contributed by atoms with Crippen molar-refractivity contribution in [3.63, 3.8) is 0 Å². The molecule has 2 nitrogen and oxygen atoms in total. The highest BCUT2D eigenvalue weighted by molar-refractivity contribution is 5.74. The fourth-order valence-corrected chi connectivity index (χ4v) is 0.772. The standard InChI is InChI=1S/C10H10O2/c1-2-7-12-10-5-3-9(8-11)4-6-10/h2-8H,1H3/b7-2+. The molecule has 0 aromatic heterocycles. The zero-order chi connectivity index (χ0) is 8.81. The van der Waals surface area contributed by atoms with Crippen molar-refractivity contribution in [1.82, 2.24) is 0 Å². The molecular weight excluding hydrogens is 152 g/mol. The molecule has 0 aliphatic carbocycles. The van der Waals surface area contributed by atoms with E-state index >= 15 is 0 Å². The summed E-state index contributed by atoms with van der Waals surface area (Å²) < 4.78 is 5.16. The van der Waals surface area contributed by atoms with Crippen molar-refractivity contribution in [2.24, 2.45) is 0 Å². The Bertz CT molecular complexity index is 272. The largest absolute Gasteiger partial charge is 0.465 e. The molecule has 1 aromatic rings. The molecule has 12 heavy (non-hydrogen) atoms. The van der Waals surface area contributed by atoms with E-state index in [-0.39, 0.29) is 0 Å². The quantitative estimate of drug-likeness (QED) is 0.504. The predicted molar refractivity (Wildman–Crippen MR) is 47.3 cm³/mol. The lowest BCUT2D eigenvalue weighted by Crippen LogP contribution is -1.82. The Kier molecular flexibility index (Phi) is 3.08. The van der Waals surface area contributed by atoms with Crippen LogP contribution in [0.25, 0.3) is 0 Å². The highest BCUT2D eigenvalue weighted by Crippen LogP contribution is 2.10. The number of hydrogen-bond acceptors (Lipinski definition) is 2. The fourth-order valence-electron chi connectivity index (χ4n) is 0.772. The van der Waals surface area contributed by atoms with E-state index in [1.165, 1.54) is 0 Å². The number of rotatable bonds is 3. The van der Waals surface area contributed by atoms with Gasteiger partial charge >= 0.3 is 0 Å². The third-order valence-electron chi connectivity index (χ3n) is 1.36. The summed E-state index contributed by atoms with van der Waals surface area (Å²) in [5.41, 5.74) is 0.655. The lowest BCUT2D eigenvalue weighted by atomic mass is 10.2. The van der Waals surface area contributed by atoms with Crippen LogP contribution in [0, 0.1) is 0 Å². The van der Waals surface area contributed by atoms with Gasteiger partial charge in [0.2, 0.25) is 0 Å². The normalized spacial score (nSPS) is 10.1. The molecule has 0 atom stereocenters. The highest BCUT2D eigenvalue weighted by atomic mass is 16.5. The maximum atomic E-state index is 10.3. The molecule has 0 aliphatic rings. The average Bonchev–Trinajstić information content (AvgIpc) is 2.15. The van der Waals surface area contributed by atoms with E-state index in [0.29, 0.717) is 5.56 Å². The monoisotopic (exact) mass is 162 g/mol. The summed E-state index contributed by atoms with van der Waals surface area (Å²) >= 11 is 0. The third-order valence-corrected chi connectivity index (χ3v) is 1.36. The number of aldehydes is 1. The lowest BCUT2D eigenvalue weighted by molar-refractivity contribution is 0.112. The van der Waals surface area contributed by atoms with E-state index < -0.39 is 0 Å². The first-order valence-corrected chi connectivity index (χ1v) is 3.70. The SMILES string of the molecule is C/C=C/Oc1ccc(C=O)cc1. The van der Waals surface area contributed by atoms with Crippen LogP contribution < -0.4 is 4.74 Å². The molecule has 0 N–H and O–H groups in total. The number of allylic oxidation sites excluding steroid dienone is 1. The topological polar surface area (TPSA) is 26.3 Å². The van der Waals surface area contributed by atoms with Crippen molar-refractivity contribution in [3.8, 4) is 5.75 Å². The second-order valence-electron chi connectivity index (χ2n) is 2.27. The van der Waals surface area contributed by atoms with Gasteiger partial charge in [-0.1, -0.05) is 6.08 Å². The Hall–Kier alpha value is -1.57. The lowest BCUT2D eigenvalue weighted by Gasteiger charge is -1.98. The summed E-state index contributed by atoms with van der Waals surface area (Å²) in [6.45, 7) is 1.87. The zero-order valence-electron chi connectivity index (χ0n) is 6.86. The minimum atomic E-state index is 0.655. The molecule has 0 amide bonds. The van der Waals surface area contributed by atoms with E-state index in [9.17, 15) is 4.79 Å². The van der Waals surface area contributed by atoms with Crippen LogP contribution >= 0.6 is 0 Å². The zero-order valence-corrected chi connectivity index (χ0v) is 6.86. The number of ether oxygens (including phenoxy) is 1. The minimum absolute atomic E-state index is 0.655. The van der Waals surface area contributed by atoms with Gasteiger partial charge in [-0.15, -0.1) is 0 Å². The van der Waals surface area contributed by atoms with Crippen molar-refractivity contribution in [2.75, 3.05) is 0 Å². The van der Waals surface area contributed by atoms with Gasteiger partial charge in [0, 0.05) is 5.56 Å². The van der Waals surface area contributed by atoms with E-state index in [4.69, 9.17) is 4.74 Å². The first-order chi connectivity index (χ1) is 5.86. The summed E-state index contributed by atoms with van der Waals surface area (Å²) in [4.78, 5) is 10.3.